The fourth-order valence-electron chi connectivity index (χ4n) is 3.06. The van der Waals surface area contributed by atoms with Crippen LogP contribution in [-0.2, 0) is 16.1 Å². The van der Waals surface area contributed by atoms with E-state index in [0.29, 0.717) is 23.7 Å². The van der Waals surface area contributed by atoms with Crippen LogP contribution < -0.4 is 9.47 Å². The number of carbonyl (C=O) groups is 1. The van der Waals surface area contributed by atoms with Gasteiger partial charge >= 0.3 is 5.97 Å². The van der Waals surface area contributed by atoms with Gasteiger partial charge in [-0.05, 0) is 60.5 Å². The number of benzene rings is 3. The Hall–Kier alpha value is -4.00. The molecule has 32 heavy (non-hydrogen) atoms. The van der Waals surface area contributed by atoms with E-state index < -0.39 is 11.8 Å². The first kappa shape index (κ1) is 21.2. The summed E-state index contributed by atoms with van der Waals surface area (Å²) in [4.78, 5) is 16.4. The summed E-state index contributed by atoms with van der Waals surface area (Å²) in [6.45, 7) is 2.49. The van der Waals surface area contributed by atoms with Crippen molar-refractivity contribution in [3.05, 3.63) is 101 Å². The summed E-state index contributed by atoms with van der Waals surface area (Å²) in [5.74, 6) is -0.605. The minimum absolute atomic E-state index is 0.0469. The van der Waals surface area contributed by atoms with E-state index in [1.54, 1.807) is 42.5 Å². The fraction of sp³-hybridized carbons (Fsp3) is 0.120. The van der Waals surface area contributed by atoms with Gasteiger partial charge in [0.05, 0.1) is 12.2 Å². The molecule has 0 aliphatic carbocycles. The number of nitrogens with zero attached hydrogens (tertiary/aromatic N) is 1. The maximum Gasteiger partial charge on any atom is 0.363 e. The lowest BCUT2D eigenvalue weighted by molar-refractivity contribution is -0.129. The molecule has 1 aliphatic heterocycles. The number of carbonyl (C=O) groups excluding carboxylic acids is 1. The molecule has 162 valence electrons. The summed E-state index contributed by atoms with van der Waals surface area (Å²) in [5, 5.41) is 0. The van der Waals surface area contributed by atoms with Gasteiger partial charge in [0.1, 0.15) is 18.2 Å². The Morgan fingerprint density at radius 3 is 2.50 bits per heavy atom. The van der Waals surface area contributed by atoms with Crippen LogP contribution in [0, 0.1) is 11.6 Å². The highest BCUT2D eigenvalue weighted by Gasteiger charge is 2.26. The van der Waals surface area contributed by atoms with E-state index in [-0.39, 0.29) is 29.6 Å². The number of ether oxygens (including phenoxy) is 3. The molecular formula is C25H19F2NO4. The van der Waals surface area contributed by atoms with Gasteiger partial charge in [-0.15, -0.1) is 0 Å². The third-order valence-corrected chi connectivity index (χ3v) is 4.60. The molecule has 1 heterocycles. The number of halogens is 2. The Bertz CT molecular complexity index is 1200. The summed E-state index contributed by atoms with van der Waals surface area (Å²) in [6.07, 6.45) is 1.53. The average Bonchev–Trinajstić information content (AvgIpc) is 3.15. The minimum atomic E-state index is -0.669. The van der Waals surface area contributed by atoms with Gasteiger partial charge in [-0.2, -0.15) is 0 Å². The number of rotatable bonds is 7. The van der Waals surface area contributed by atoms with Crippen molar-refractivity contribution in [3.63, 3.8) is 0 Å². The molecule has 0 saturated carbocycles. The third-order valence-electron chi connectivity index (χ3n) is 4.60. The van der Waals surface area contributed by atoms with Gasteiger partial charge in [0.15, 0.2) is 17.2 Å². The topological polar surface area (TPSA) is 57.1 Å². The van der Waals surface area contributed by atoms with Crippen LogP contribution in [0.4, 0.5) is 8.78 Å². The second kappa shape index (κ2) is 9.43. The summed E-state index contributed by atoms with van der Waals surface area (Å²) in [6, 6.07) is 17.1. The summed E-state index contributed by atoms with van der Waals surface area (Å²) >= 11 is 0. The van der Waals surface area contributed by atoms with Gasteiger partial charge in [-0.1, -0.05) is 30.3 Å². The second-order valence-corrected chi connectivity index (χ2v) is 6.87. The number of hydrogen-bond donors (Lipinski definition) is 0. The first-order valence-corrected chi connectivity index (χ1v) is 9.95. The maximum absolute atomic E-state index is 14.0. The summed E-state index contributed by atoms with van der Waals surface area (Å²) < 4.78 is 43.7. The molecule has 0 aromatic heterocycles. The lowest BCUT2D eigenvalue weighted by Gasteiger charge is -2.13. The molecule has 3 aromatic carbocycles. The zero-order valence-corrected chi connectivity index (χ0v) is 17.2. The van der Waals surface area contributed by atoms with E-state index >= 15 is 0 Å². The maximum atomic E-state index is 14.0. The van der Waals surface area contributed by atoms with Crippen molar-refractivity contribution >= 4 is 17.9 Å². The number of cyclic esters (lactones) is 1. The second-order valence-electron chi connectivity index (χ2n) is 6.87. The smallest absolute Gasteiger partial charge is 0.363 e. The van der Waals surface area contributed by atoms with Crippen LogP contribution in [0.15, 0.2) is 77.4 Å². The van der Waals surface area contributed by atoms with Crippen LogP contribution in [0.3, 0.4) is 0 Å². The largest absolute Gasteiger partial charge is 0.490 e. The molecule has 0 N–H and O–H groups in total. The number of hydrogen-bond acceptors (Lipinski definition) is 5. The van der Waals surface area contributed by atoms with Crippen molar-refractivity contribution in [1.82, 2.24) is 0 Å². The highest BCUT2D eigenvalue weighted by atomic mass is 19.1. The third kappa shape index (κ3) is 4.83. The van der Waals surface area contributed by atoms with Crippen LogP contribution in [-0.4, -0.2) is 18.5 Å². The molecule has 0 atom stereocenters. The average molecular weight is 435 g/mol. The van der Waals surface area contributed by atoms with E-state index in [0.717, 1.165) is 5.56 Å². The predicted molar refractivity (Wildman–Crippen MR) is 115 cm³/mol. The molecule has 5 nitrogen and oxygen atoms in total. The standard InChI is InChI=1S/C25H19F2NO4/c1-2-30-23-14-17(9-12-22(23)31-15-16-7-10-18(26)11-8-16)13-21-25(29)32-24(28-21)19-5-3-4-6-20(19)27/h3-14H,2,15H2,1H3/b21-13-. The Balaban J connectivity index is 1.56. The first-order valence-electron chi connectivity index (χ1n) is 9.95. The molecule has 0 bridgehead atoms. The first-order chi connectivity index (χ1) is 15.5. The molecular weight excluding hydrogens is 416 g/mol. The van der Waals surface area contributed by atoms with Crippen molar-refractivity contribution in [2.45, 2.75) is 13.5 Å². The fourth-order valence-corrected chi connectivity index (χ4v) is 3.06. The zero-order chi connectivity index (χ0) is 22.5. The van der Waals surface area contributed by atoms with E-state index in [2.05, 4.69) is 4.99 Å². The molecule has 1 aliphatic rings. The van der Waals surface area contributed by atoms with E-state index in [1.165, 1.54) is 30.3 Å². The molecule has 4 rings (SSSR count). The van der Waals surface area contributed by atoms with Crippen LogP contribution in [0.1, 0.15) is 23.6 Å². The molecule has 0 radical (unpaired) electrons. The van der Waals surface area contributed by atoms with Gasteiger partial charge in [0, 0.05) is 0 Å². The van der Waals surface area contributed by atoms with Crippen molar-refractivity contribution in [3.8, 4) is 11.5 Å². The van der Waals surface area contributed by atoms with Crippen LogP contribution in [0.25, 0.3) is 6.08 Å². The van der Waals surface area contributed by atoms with Crippen molar-refractivity contribution in [2.24, 2.45) is 4.99 Å². The molecule has 0 spiro atoms. The SMILES string of the molecule is CCOc1cc(/C=C2\N=C(c3ccccc3F)OC2=O)ccc1OCc1ccc(F)cc1. The normalized spacial score (nSPS) is 14.3. The van der Waals surface area contributed by atoms with Crippen molar-refractivity contribution in [1.29, 1.82) is 0 Å². The van der Waals surface area contributed by atoms with E-state index in [4.69, 9.17) is 14.2 Å². The predicted octanol–water partition coefficient (Wildman–Crippen LogP) is 5.29. The molecule has 7 heteroatoms. The van der Waals surface area contributed by atoms with Gasteiger partial charge in [-0.25, -0.2) is 18.6 Å². The van der Waals surface area contributed by atoms with Crippen LogP contribution in [0.5, 0.6) is 11.5 Å². The van der Waals surface area contributed by atoms with Gasteiger partial charge < -0.3 is 14.2 Å². The van der Waals surface area contributed by atoms with E-state index in [1.807, 2.05) is 6.92 Å². The van der Waals surface area contributed by atoms with Crippen LogP contribution >= 0.6 is 0 Å². The van der Waals surface area contributed by atoms with Gasteiger partial charge in [-0.3, -0.25) is 0 Å². The Labute approximate surface area is 183 Å². The lowest BCUT2D eigenvalue weighted by Crippen LogP contribution is -2.07. The molecule has 0 fully saturated rings. The molecule has 0 amide bonds. The molecule has 0 unspecified atom stereocenters. The molecule has 0 saturated heterocycles. The monoisotopic (exact) mass is 435 g/mol. The lowest BCUT2D eigenvalue weighted by atomic mass is 10.1. The quantitative estimate of drug-likeness (QED) is 0.374. The zero-order valence-electron chi connectivity index (χ0n) is 17.2. The van der Waals surface area contributed by atoms with Crippen molar-refractivity contribution in [2.75, 3.05) is 6.61 Å². The number of esters is 1. The molecule has 3 aromatic rings. The summed E-state index contributed by atoms with van der Waals surface area (Å²) in [5.41, 5.74) is 1.60. The van der Waals surface area contributed by atoms with Crippen molar-refractivity contribution < 1.29 is 27.8 Å². The Kier molecular flexibility index (Phi) is 6.26. The number of aliphatic imine (C=N–C) groups is 1. The highest BCUT2D eigenvalue weighted by molar-refractivity contribution is 6.12. The highest BCUT2D eigenvalue weighted by Crippen LogP contribution is 2.31. The minimum Gasteiger partial charge on any atom is -0.490 e. The Morgan fingerprint density at radius 2 is 1.75 bits per heavy atom. The van der Waals surface area contributed by atoms with Gasteiger partial charge in [0.25, 0.3) is 0 Å². The van der Waals surface area contributed by atoms with Gasteiger partial charge in [0.2, 0.25) is 5.90 Å². The summed E-state index contributed by atoms with van der Waals surface area (Å²) in [7, 11) is 0. The van der Waals surface area contributed by atoms with E-state index in [9.17, 15) is 13.6 Å². The Morgan fingerprint density at radius 1 is 0.969 bits per heavy atom. The van der Waals surface area contributed by atoms with Crippen LogP contribution in [0.2, 0.25) is 0 Å².